The number of hydrogen-bond acceptors (Lipinski definition) is 2. The summed E-state index contributed by atoms with van der Waals surface area (Å²) in [5.74, 6) is -0.294. The lowest BCUT2D eigenvalue weighted by Crippen LogP contribution is -2.25. The minimum Gasteiger partial charge on any atom is -0.322 e. The molecular formula is C13H13FN2O. The second kappa shape index (κ2) is 4.93. The Morgan fingerprint density at radius 3 is 2.53 bits per heavy atom. The van der Waals surface area contributed by atoms with Crippen LogP contribution in [0.5, 0.6) is 0 Å². The predicted octanol–water partition coefficient (Wildman–Crippen LogP) is 1.69. The van der Waals surface area contributed by atoms with Gasteiger partial charge in [-0.2, -0.15) is 0 Å². The molecule has 0 amide bonds. The van der Waals surface area contributed by atoms with Crippen molar-refractivity contribution in [3.05, 3.63) is 70.4 Å². The van der Waals surface area contributed by atoms with Gasteiger partial charge in [0.1, 0.15) is 5.82 Å². The molecule has 4 heteroatoms. The topological polar surface area (TPSA) is 48.0 Å². The van der Waals surface area contributed by atoms with Crippen LogP contribution in [0.4, 0.5) is 4.39 Å². The maximum atomic E-state index is 12.7. The van der Waals surface area contributed by atoms with Gasteiger partial charge in [0.2, 0.25) is 0 Å². The lowest BCUT2D eigenvalue weighted by Gasteiger charge is -2.13. The third-order valence-electron chi connectivity index (χ3n) is 2.59. The van der Waals surface area contributed by atoms with Crippen molar-refractivity contribution in [2.75, 3.05) is 0 Å². The molecule has 0 aliphatic carbocycles. The molecule has 1 heterocycles. The Balaban J connectivity index is 2.17. The minimum absolute atomic E-state index is 0.0925. The average molecular weight is 232 g/mol. The van der Waals surface area contributed by atoms with Crippen LogP contribution in [-0.4, -0.2) is 4.57 Å². The zero-order valence-corrected chi connectivity index (χ0v) is 9.21. The van der Waals surface area contributed by atoms with Crippen molar-refractivity contribution in [2.45, 2.75) is 12.6 Å². The Morgan fingerprint density at radius 1 is 1.18 bits per heavy atom. The molecule has 0 bridgehead atoms. The van der Waals surface area contributed by atoms with Gasteiger partial charge in [0.15, 0.2) is 0 Å². The summed E-state index contributed by atoms with van der Waals surface area (Å²) in [5.41, 5.74) is 6.68. The minimum atomic E-state index is -0.323. The molecule has 0 aliphatic rings. The third-order valence-corrected chi connectivity index (χ3v) is 2.59. The summed E-state index contributed by atoms with van der Waals surface area (Å²) in [6.45, 7) is 0.380. The van der Waals surface area contributed by atoms with Gasteiger partial charge in [0.25, 0.3) is 5.56 Å². The van der Waals surface area contributed by atoms with Gasteiger partial charge in [-0.05, 0) is 23.8 Å². The molecule has 0 spiro atoms. The summed E-state index contributed by atoms with van der Waals surface area (Å²) in [4.78, 5) is 11.5. The van der Waals surface area contributed by atoms with E-state index in [0.29, 0.717) is 6.54 Å². The van der Waals surface area contributed by atoms with Crippen LogP contribution < -0.4 is 11.3 Å². The molecule has 0 aliphatic heterocycles. The van der Waals surface area contributed by atoms with Crippen LogP contribution in [0.1, 0.15) is 11.6 Å². The Kier molecular flexibility index (Phi) is 3.35. The average Bonchev–Trinajstić information content (AvgIpc) is 2.33. The maximum absolute atomic E-state index is 12.7. The quantitative estimate of drug-likeness (QED) is 0.875. The van der Waals surface area contributed by atoms with Gasteiger partial charge in [-0.3, -0.25) is 4.79 Å². The first-order chi connectivity index (χ1) is 8.16. The first-order valence-corrected chi connectivity index (χ1v) is 5.33. The first kappa shape index (κ1) is 11.5. The summed E-state index contributed by atoms with van der Waals surface area (Å²) in [6.07, 6.45) is 1.69. The number of rotatable bonds is 3. The third kappa shape index (κ3) is 2.79. The fraction of sp³-hybridized carbons (Fsp3) is 0.154. The molecule has 88 valence electrons. The highest BCUT2D eigenvalue weighted by Crippen LogP contribution is 2.12. The Bertz CT molecular complexity index is 548. The summed E-state index contributed by atoms with van der Waals surface area (Å²) < 4.78 is 14.3. The molecule has 2 rings (SSSR count). The van der Waals surface area contributed by atoms with E-state index in [1.807, 2.05) is 0 Å². The predicted molar refractivity (Wildman–Crippen MR) is 64.0 cm³/mol. The molecule has 2 N–H and O–H groups in total. The highest BCUT2D eigenvalue weighted by molar-refractivity contribution is 5.19. The Hall–Kier alpha value is -1.94. The number of benzene rings is 1. The van der Waals surface area contributed by atoms with Crippen molar-refractivity contribution in [1.29, 1.82) is 0 Å². The Morgan fingerprint density at radius 2 is 1.88 bits per heavy atom. The van der Waals surface area contributed by atoms with E-state index in [9.17, 15) is 9.18 Å². The van der Waals surface area contributed by atoms with Crippen molar-refractivity contribution in [3.8, 4) is 0 Å². The maximum Gasteiger partial charge on any atom is 0.250 e. The van der Waals surface area contributed by atoms with E-state index in [0.717, 1.165) is 5.56 Å². The van der Waals surface area contributed by atoms with Crippen molar-refractivity contribution in [1.82, 2.24) is 4.57 Å². The molecule has 0 radical (unpaired) electrons. The number of halogens is 1. The first-order valence-electron chi connectivity index (χ1n) is 5.33. The van der Waals surface area contributed by atoms with E-state index in [-0.39, 0.29) is 17.4 Å². The van der Waals surface area contributed by atoms with Crippen molar-refractivity contribution >= 4 is 0 Å². The smallest absolute Gasteiger partial charge is 0.250 e. The highest BCUT2D eigenvalue weighted by Gasteiger charge is 2.07. The molecule has 1 aromatic carbocycles. The summed E-state index contributed by atoms with van der Waals surface area (Å²) >= 11 is 0. The second-order valence-corrected chi connectivity index (χ2v) is 3.85. The number of nitrogens with zero attached hydrogens (tertiary/aromatic N) is 1. The van der Waals surface area contributed by atoms with E-state index in [4.69, 9.17) is 5.73 Å². The van der Waals surface area contributed by atoms with Crippen molar-refractivity contribution in [3.63, 3.8) is 0 Å². The zero-order valence-electron chi connectivity index (χ0n) is 9.21. The molecule has 1 aromatic heterocycles. The van der Waals surface area contributed by atoms with Crippen LogP contribution in [0.25, 0.3) is 0 Å². The van der Waals surface area contributed by atoms with Gasteiger partial charge in [-0.1, -0.05) is 18.2 Å². The lowest BCUT2D eigenvalue weighted by molar-refractivity contribution is 0.559. The fourth-order valence-corrected chi connectivity index (χ4v) is 1.64. The van der Waals surface area contributed by atoms with Crippen LogP contribution in [0.15, 0.2) is 53.5 Å². The summed E-state index contributed by atoms with van der Waals surface area (Å²) in [6, 6.07) is 10.6. The molecule has 2 aromatic rings. The largest absolute Gasteiger partial charge is 0.322 e. The van der Waals surface area contributed by atoms with Crippen LogP contribution in [0, 0.1) is 5.82 Å². The van der Waals surface area contributed by atoms with E-state index in [1.165, 1.54) is 22.8 Å². The zero-order chi connectivity index (χ0) is 12.3. The van der Waals surface area contributed by atoms with Crippen LogP contribution in [0.2, 0.25) is 0 Å². The van der Waals surface area contributed by atoms with Gasteiger partial charge in [0.05, 0.1) is 0 Å². The van der Waals surface area contributed by atoms with Crippen LogP contribution >= 0.6 is 0 Å². The van der Waals surface area contributed by atoms with E-state index < -0.39 is 0 Å². The van der Waals surface area contributed by atoms with Gasteiger partial charge in [-0.25, -0.2) is 4.39 Å². The second-order valence-electron chi connectivity index (χ2n) is 3.85. The Labute approximate surface area is 98.3 Å². The lowest BCUT2D eigenvalue weighted by atomic mass is 10.1. The number of pyridine rings is 1. The van der Waals surface area contributed by atoms with E-state index in [1.54, 1.807) is 30.5 Å². The monoisotopic (exact) mass is 232 g/mol. The van der Waals surface area contributed by atoms with Gasteiger partial charge >= 0.3 is 0 Å². The van der Waals surface area contributed by atoms with E-state index in [2.05, 4.69) is 0 Å². The molecular weight excluding hydrogens is 219 g/mol. The number of nitrogens with two attached hydrogens (primary N) is 1. The summed E-state index contributed by atoms with van der Waals surface area (Å²) in [5, 5.41) is 0. The van der Waals surface area contributed by atoms with Gasteiger partial charge in [-0.15, -0.1) is 0 Å². The molecule has 1 atom stereocenters. The fourth-order valence-electron chi connectivity index (χ4n) is 1.64. The van der Waals surface area contributed by atoms with Crippen molar-refractivity contribution in [2.24, 2.45) is 5.73 Å². The van der Waals surface area contributed by atoms with E-state index >= 15 is 0 Å². The molecule has 1 unspecified atom stereocenters. The SMILES string of the molecule is NC(Cn1ccccc1=O)c1ccc(F)cc1. The molecule has 0 fully saturated rings. The highest BCUT2D eigenvalue weighted by atomic mass is 19.1. The van der Waals surface area contributed by atoms with Crippen LogP contribution in [-0.2, 0) is 6.54 Å². The number of aromatic nitrogens is 1. The normalized spacial score (nSPS) is 12.4. The standard InChI is InChI=1S/C13H13FN2O/c14-11-6-4-10(5-7-11)12(15)9-16-8-2-1-3-13(16)17/h1-8,12H,9,15H2. The van der Waals surface area contributed by atoms with Gasteiger partial charge < -0.3 is 10.3 Å². The van der Waals surface area contributed by atoms with Crippen LogP contribution in [0.3, 0.4) is 0 Å². The van der Waals surface area contributed by atoms with Gasteiger partial charge in [0, 0.05) is 24.8 Å². The molecule has 3 nitrogen and oxygen atoms in total. The molecule has 17 heavy (non-hydrogen) atoms. The summed E-state index contributed by atoms with van der Waals surface area (Å²) in [7, 11) is 0. The molecule has 0 saturated carbocycles. The molecule has 0 saturated heterocycles. The van der Waals surface area contributed by atoms with Crippen molar-refractivity contribution < 1.29 is 4.39 Å². The number of hydrogen-bond donors (Lipinski definition) is 1.